The monoisotopic (exact) mass is 339 g/mol. The second-order valence-corrected chi connectivity index (χ2v) is 7.07. The molecule has 1 rings (SSSR count). The van der Waals surface area contributed by atoms with Crippen LogP contribution in [0, 0.1) is 0 Å². The third-order valence-electron chi connectivity index (χ3n) is 3.15. The number of carbonyl (C=O) groups excluding carboxylic acids is 1. The highest BCUT2D eigenvalue weighted by atomic mass is 32.2. The molecule has 0 saturated carbocycles. The zero-order valence-corrected chi connectivity index (χ0v) is 14.4. The topological polar surface area (TPSA) is 87.3 Å². The van der Waals surface area contributed by atoms with Gasteiger partial charge in [0.05, 0.1) is 11.4 Å². The molecule has 0 aliphatic rings. The number of carbonyl (C=O) groups is 1. The van der Waals surface area contributed by atoms with E-state index in [1.807, 2.05) is 6.92 Å². The van der Waals surface area contributed by atoms with E-state index in [4.69, 9.17) is 0 Å². The van der Waals surface area contributed by atoms with Crippen LogP contribution in [0.2, 0.25) is 0 Å². The predicted molar refractivity (Wildman–Crippen MR) is 95.2 cm³/mol. The van der Waals surface area contributed by atoms with Crippen molar-refractivity contribution in [2.24, 2.45) is 0 Å². The fraction of sp³-hybridized carbons (Fsp3) is 0.438. The van der Waals surface area contributed by atoms with Crippen LogP contribution in [0.25, 0.3) is 0 Å². The lowest BCUT2D eigenvalue weighted by Gasteiger charge is -2.16. The van der Waals surface area contributed by atoms with Gasteiger partial charge in [-0.25, -0.2) is 13.2 Å². The van der Waals surface area contributed by atoms with Gasteiger partial charge in [0.2, 0.25) is 10.0 Å². The minimum atomic E-state index is -3.35. The second-order valence-electron chi connectivity index (χ2n) is 5.23. The molecular formula is C16H25N3O3S. The molecule has 128 valence electrons. The molecule has 0 bridgehead atoms. The maximum Gasteiger partial charge on any atom is 0.319 e. The number of rotatable bonds is 9. The molecule has 0 aliphatic carbocycles. The van der Waals surface area contributed by atoms with Crippen molar-refractivity contribution >= 4 is 27.4 Å². The summed E-state index contributed by atoms with van der Waals surface area (Å²) >= 11 is 0. The van der Waals surface area contributed by atoms with Gasteiger partial charge in [-0.2, -0.15) is 0 Å². The van der Waals surface area contributed by atoms with Crippen LogP contribution in [0.3, 0.4) is 0 Å². The molecule has 1 unspecified atom stereocenters. The van der Waals surface area contributed by atoms with Crippen LogP contribution in [-0.2, 0) is 10.0 Å². The average molecular weight is 339 g/mol. The number of nitrogens with one attached hydrogen (secondary N) is 3. The van der Waals surface area contributed by atoms with Crippen molar-refractivity contribution in [3.05, 3.63) is 36.9 Å². The number of benzene rings is 1. The Labute approximate surface area is 138 Å². The summed E-state index contributed by atoms with van der Waals surface area (Å²) in [5, 5.41) is 5.55. The highest BCUT2D eigenvalue weighted by molar-refractivity contribution is 7.92. The van der Waals surface area contributed by atoms with E-state index in [-0.39, 0.29) is 17.8 Å². The summed E-state index contributed by atoms with van der Waals surface area (Å²) < 4.78 is 26.0. The molecule has 0 aliphatic heterocycles. The fourth-order valence-electron chi connectivity index (χ4n) is 2.04. The Morgan fingerprint density at radius 3 is 2.61 bits per heavy atom. The van der Waals surface area contributed by atoms with Crippen LogP contribution < -0.4 is 15.4 Å². The Kier molecular flexibility index (Phi) is 7.61. The maximum atomic E-state index is 12.0. The van der Waals surface area contributed by atoms with Crippen LogP contribution in [0.1, 0.15) is 33.1 Å². The quantitative estimate of drug-likeness (QED) is 0.603. The molecule has 23 heavy (non-hydrogen) atoms. The molecule has 0 aromatic heterocycles. The Hall–Kier alpha value is -2.02. The molecule has 2 amide bonds. The zero-order chi connectivity index (χ0) is 17.3. The largest absolute Gasteiger partial charge is 0.335 e. The van der Waals surface area contributed by atoms with Crippen LogP contribution >= 0.6 is 0 Å². The van der Waals surface area contributed by atoms with Gasteiger partial charge in [-0.05, 0) is 37.5 Å². The van der Waals surface area contributed by atoms with Crippen LogP contribution in [-0.4, -0.2) is 26.2 Å². The highest BCUT2D eigenvalue weighted by Crippen LogP contribution is 2.16. The lowest BCUT2D eigenvalue weighted by Crippen LogP contribution is -2.37. The average Bonchev–Trinajstić information content (AvgIpc) is 2.46. The summed E-state index contributed by atoms with van der Waals surface area (Å²) in [4.78, 5) is 12.0. The molecule has 1 atom stereocenters. The first-order valence-corrected chi connectivity index (χ1v) is 9.34. The molecule has 0 fully saturated rings. The molecule has 1 aromatic rings. The van der Waals surface area contributed by atoms with E-state index in [9.17, 15) is 13.2 Å². The van der Waals surface area contributed by atoms with Gasteiger partial charge >= 0.3 is 6.03 Å². The van der Waals surface area contributed by atoms with Crippen LogP contribution in [0.5, 0.6) is 0 Å². The minimum Gasteiger partial charge on any atom is -0.335 e. The highest BCUT2D eigenvalue weighted by Gasteiger charge is 2.11. The van der Waals surface area contributed by atoms with Gasteiger partial charge in [-0.3, -0.25) is 4.72 Å². The summed E-state index contributed by atoms with van der Waals surface area (Å²) in [6.45, 7) is 7.45. The molecule has 3 N–H and O–H groups in total. The van der Waals surface area contributed by atoms with Gasteiger partial charge in [-0.15, -0.1) is 6.58 Å². The fourth-order valence-corrected chi connectivity index (χ4v) is 3.17. The lowest BCUT2D eigenvalue weighted by atomic mass is 10.1. The van der Waals surface area contributed by atoms with Gasteiger partial charge < -0.3 is 10.6 Å². The first-order chi connectivity index (χ1) is 10.9. The van der Waals surface area contributed by atoms with Crippen molar-refractivity contribution in [3.63, 3.8) is 0 Å². The van der Waals surface area contributed by atoms with Crippen LogP contribution in [0.15, 0.2) is 36.9 Å². The van der Waals surface area contributed by atoms with E-state index < -0.39 is 10.0 Å². The molecule has 0 saturated heterocycles. The number of urea groups is 1. The number of anilines is 2. The molecule has 0 radical (unpaired) electrons. The van der Waals surface area contributed by atoms with Crippen molar-refractivity contribution in [3.8, 4) is 0 Å². The summed E-state index contributed by atoms with van der Waals surface area (Å²) in [5.74, 6) is 0.0604. The zero-order valence-electron chi connectivity index (χ0n) is 13.6. The summed E-state index contributed by atoms with van der Waals surface area (Å²) in [5.41, 5.74) is 0.946. The molecule has 0 spiro atoms. The molecular weight excluding hydrogens is 314 g/mol. The molecule has 7 heteroatoms. The van der Waals surface area contributed by atoms with Crippen LogP contribution in [0.4, 0.5) is 16.2 Å². The third kappa shape index (κ3) is 7.19. The van der Waals surface area contributed by atoms with Crippen molar-refractivity contribution in [1.82, 2.24) is 5.32 Å². The number of sulfonamides is 1. The first-order valence-electron chi connectivity index (χ1n) is 7.69. The van der Waals surface area contributed by atoms with Gasteiger partial charge in [0.1, 0.15) is 0 Å². The van der Waals surface area contributed by atoms with Crippen molar-refractivity contribution in [1.29, 1.82) is 0 Å². The van der Waals surface area contributed by atoms with E-state index in [1.165, 1.54) is 0 Å². The Bertz CT molecular complexity index is 629. The summed E-state index contributed by atoms with van der Waals surface area (Å²) in [6, 6.07) is 6.31. The van der Waals surface area contributed by atoms with Crippen molar-refractivity contribution in [2.45, 2.75) is 39.2 Å². The third-order valence-corrected chi connectivity index (χ3v) is 4.64. The Morgan fingerprint density at radius 2 is 2.00 bits per heavy atom. The summed E-state index contributed by atoms with van der Waals surface area (Å²) in [7, 11) is -3.35. The van der Waals surface area contributed by atoms with Crippen molar-refractivity contribution < 1.29 is 13.2 Å². The number of hydrogen-bond acceptors (Lipinski definition) is 3. The van der Waals surface area contributed by atoms with E-state index in [0.29, 0.717) is 24.2 Å². The van der Waals surface area contributed by atoms with Crippen molar-refractivity contribution in [2.75, 3.05) is 15.8 Å². The minimum absolute atomic E-state index is 0.0266. The van der Waals surface area contributed by atoms with Gasteiger partial charge in [0.15, 0.2) is 0 Å². The normalized spacial score (nSPS) is 12.3. The van der Waals surface area contributed by atoms with Gasteiger partial charge in [-0.1, -0.05) is 26.0 Å². The van der Waals surface area contributed by atoms with E-state index in [2.05, 4.69) is 21.9 Å². The first kappa shape index (κ1) is 19.0. The predicted octanol–water partition coefficient (Wildman–Crippen LogP) is 3.31. The van der Waals surface area contributed by atoms with E-state index >= 15 is 0 Å². The molecule has 0 heterocycles. The van der Waals surface area contributed by atoms with E-state index in [0.717, 1.165) is 6.42 Å². The van der Waals surface area contributed by atoms with E-state index in [1.54, 1.807) is 37.3 Å². The van der Waals surface area contributed by atoms with Gasteiger partial charge in [0, 0.05) is 11.7 Å². The Morgan fingerprint density at radius 1 is 1.30 bits per heavy atom. The Balaban J connectivity index is 2.70. The lowest BCUT2D eigenvalue weighted by molar-refractivity contribution is 0.248. The number of amides is 2. The summed E-state index contributed by atoms with van der Waals surface area (Å²) in [6.07, 6.45) is 3.80. The SMILES string of the molecule is C=CCC(CC)NC(=O)Nc1cccc(NS(=O)(=O)CCC)c1. The second kappa shape index (κ2) is 9.19. The number of hydrogen-bond donors (Lipinski definition) is 3. The molecule has 6 nitrogen and oxygen atoms in total. The standard InChI is InChI=1S/C16H25N3O3S/c1-4-8-13(6-3)17-16(20)18-14-9-7-10-15(12-14)19-23(21,22)11-5-2/h4,7,9-10,12-13,19H,1,5-6,8,11H2,2-3H3,(H2,17,18,20). The van der Waals surface area contributed by atoms with Gasteiger partial charge in [0.25, 0.3) is 0 Å². The maximum absolute atomic E-state index is 12.0. The smallest absolute Gasteiger partial charge is 0.319 e. The molecule has 1 aromatic carbocycles.